The van der Waals surface area contributed by atoms with Crippen molar-refractivity contribution < 1.29 is 4.79 Å². The fraction of sp³-hybridized carbons (Fsp3) is 0.267. The van der Waals surface area contributed by atoms with Crippen LogP contribution in [0.5, 0.6) is 0 Å². The molecule has 1 heterocycles. The molecule has 1 amide bonds. The van der Waals surface area contributed by atoms with Gasteiger partial charge in [0.2, 0.25) is 5.91 Å². The zero-order valence-electron chi connectivity index (χ0n) is 11.8. The van der Waals surface area contributed by atoms with Crippen molar-refractivity contribution in [3.63, 3.8) is 0 Å². The van der Waals surface area contributed by atoms with Crippen LogP contribution >= 0.6 is 15.9 Å². The number of amides is 1. The highest BCUT2D eigenvalue weighted by Crippen LogP contribution is 2.18. The van der Waals surface area contributed by atoms with Gasteiger partial charge in [0, 0.05) is 16.6 Å². The molecule has 21 heavy (non-hydrogen) atoms. The lowest BCUT2D eigenvalue weighted by molar-refractivity contribution is -0.116. The van der Waals surface area contributed by atoms with Crippen molar-refractivity contribution in [3.8, 4) is 0 Å². The summed E-state index contributed by atoms with van der Waals surface area (Å²) in [6.07, 6.45) is 2.38. The van der Waals surface area contributed by atoms with Gasteiger partial charge in [0.05, 0.1) is 0 Å². The van der Waals surface area contributed by atoms with Crippen molar-refractivity contribution in [2.45, 2.75) is 26.2 Å². The van der Waals surface area contributed by atoms with Crippen LogP contribution in [0.25, 0.3) is 0 Å². The second-order valence-corrected chi connectivity index (χ2v) is 5.50. The van der Waals surface area contributed by atoms with E-state index in [1.54, 1.807) is 12.1 Å². The van der Waals surface area contributed by atoms with E-state index in [-0.39, 0.29) is 5.91 Å². The van der Waals surface area contributed by atoms with Gasteiger partial charge in [0.25, 0.3) is 0 Å². The number of benzene rings is 1. The summed E-state index contributed by atoms with van der Waals surface area (Å²) in [6.45, 7) is 2.05. The first-order chi connectivity index (χ1) is 10.2. The molecule has 0 atom stereocenters. The van der Waals surface area contributed by atoms with E-state index in [1.165, 1.54) is 0 Å². The van der Waals surface area contributed by atoms with Crippen LogP contribution in [0.4, 0.5) is 17.3 Å². The van der Waals surface area contributed by atoms with Crippen LogP contribution in [0.3, 0.4) is 0 Å². The summed E-state index contributed by atoms with van der Waals surface area (Å²) in [6, 6.07) is 11.3. The van der Waals surface area contributed by atoms with Gasteiger partial charge in [0.15, 0.2) is 11.6 Å². The van der Waals surface area contributed by atoms with Crippen molar-refractivity contribution >= 4 is 39.2 Å². The molecule has 0 fully saturated rings. The molecule has 110 valence electrons. The van der Waals surface area contributed by atoms with Gasteiger partial charge in [-0.15, -0.1) is 10.2 Å². The number of aromatic nitrogens is 2. The number of unbranched alkanes of at least 4 members (excludes halogenated alkanes) is 1. The zero-order chi connectivity index (χ0) is 15.1. The normalized spacial score (nSPS) is 10.2. The predicted octanol–water partition coefficient (Wildman–Crippen LogP) is 4.11. The number of nitrogens with one attached hydrogen (secondary N) is 2. The number of rotatable bonds is 6. The van der Waals surface area contributed by atoms with Crippen LogP contribution in [0.1, 0.15) is 26.2 Å². The molecular weight excluding hydrogens is 332 g/mol. The largest absolute Gasteiger partial charge is 0.339 e. The van der Waals surface area contributed by atoms with E-state index in [0.717, 1.165) is 23.0 Å². The maximum absolute atomic E-state index is 11.6. The van der Waals surface area contributed by atoms with Gasteiger partial charge < -0.3 is 10.6 Å². The molecule has 0 saturated heterocycles. The van der Waals surface area contributed by atoms with E-state index < -0.39 is 0 Å². The van der Waals surface area contributed by atoms with Gasteiger partial charge in [-0.3, -0.25) is 4.79 Å². The summed E-state index contributed by atoms with van der Waals surface area (Å²) in [4.78, 5) is 11.6. The van der Waals surface area contributed by atoms with Gasteiger partial charge in [-0.05, 0) is 42.8 Å². The Morgan fingerprint density at radius 2 is 1.76 bits per heavy atom. The molecule has 2 aromatic rings. The molecule has 0 aliphatic carbocycles. The smallest absolute Gasteiger partial charge is 0.225 e. The van der Waals surface area contributed by atoms with Gasteiger partial charge in [0.1, 0.15) is 0 Å². The Hall–Kier alpha value is -1.95. The van der Waals surface area contributed by atoms with Gasteiger partial charge in [-0.2, -0.15) is 0 Å². The van der Waals surface area contributed by atoms with E-state index in [4.69, 9.17) is 0 Å². The lowest BCUT2D eigenvalue weighted by atomic mass is 10.2. The molecule has 0 bridgehead atoms. The third-order valence-electron chi connectivity index (χ3n) is 2.81. The van der Waals surface area contributed by atoms with Crippen molar-refractivity contribution in [3.05, 3.63) is 40.9 Å². The number of hydrogen-bond acceptors (Lipinski definition) is 4. The van der Waals surface area contributed by atoms with Crippen LogP contribution in [0, 0.1) is 0 Å². The molecule has 2 N–H and O–H groups in total. The highest BCUT2D eigenvalue weighted by Gasteiger charge is 2.03. The molecule has 2 rings (SSSR count). The van der Waals surface area contributed by atoms with E-state index in [1.807, 2.05) is 24.3 Å². The SMILES string of the molecule is CCCCC(=O)Nc1ccc(Nc2ccc(Br)cc2)nn1. The summed E-state index contributed by atoms with van der Waals surface area (Å²) in [5.74, 6) is 1.07. The van der Waals surface area contributed by atoms with E-state index >= 15 is 0 Å². The Morgan fingerprint density at radius 1 is 1.10 bits per heavy atom. The number of anilines is 3. The molecule has 5 nitrogen and oxygen atoms in total. The molecule has 0 spiro atoms. The molecule has 0 unspecified atom stereocenters. The third-order valence-corrected chi connectivity index (χ3v) is 3.33. The van der Waals surface area contributed by atoms with Crippen molar-refractivity contribution in [2.75, 3.05) is 10.6 Å². The van der Waals surface area contributed by atoms with E-state index in [2.05, 4.69) is 43.7 Å². The minimum atomic E-state index is -0.0280. The third kappa shape index (κ3) is 5.15. The minimum Gasteiger partial charge on any atom is -0.339 e. The number of carbonyl (C=O) groups excluding carboxylic acids is 1. The van der Waals surface area contributed by atoms with E-state index in [0.29, 0.717) is 18.1 Å². The van der Waals surface area contributed by atoms with Crippen LogP contribution in [-0.4, -0.2) is 16.1 Å². The highest BCUT2D eigenvalue weighted by molar-refractivity contribution is 9.10. The number of halogens is 1. The summed E-state index contributed by atoms with van der Waals surface area (Å²) in [7, 11) is 0. The Morgan fingerprint density at radius 3 is 2.38 bits per heavy atom. The lowest BCUT2D eigenvalue weighted by Gasteiger charge is -2.06. The highest BCUT2D eigenvalue weighted by atomic mass is 79.9. The average Bonchev–Trinajstić information content (AvgIpc) is 2.49. The average molecular weight is 349 g/mol. The molecule has 1 aromatic carbocycles. The molecule has 0 aliphatic heterocycles. The van der Waals surface area contributed by atoms with Crippen LogP contribution in [0.15, 0.2) is 40.9 Å². The number of hydrogen-bond donors (Lipinski definition) is 2. The van der Waals surface area contributed by atoms with Crippen molar-refractivity contribution in [2.24, 2.45) is 0 Å². The summed E-state index contributed by atoms with van der Waals surface area (Å²) in [5, 5.41) is 13.9. The Labute approximate surface area is 132 Å². The second-order valence-electron chi connectivity index (χ2n) is 4.59. The Balaban J connectivity index is 1.92. The number of carbonyl (C=O) groups is 1. The van der Waals surface area contributed by atoms with Gasteiger partial charge in [-0.1, -0.05) is 29.3 Å². The molecule has 0 radical (unpaired) electrons. The Kier molecular flexibility index (Phi) is 5.68. The van der Waals surface area contributed by atoms with Crippen molar-refractivity contribution in [1.82, 2.24) is 10.2 Å². The molecule has 0 aliphatic rings. The fourth-order valence-electron chi connectivity index (χ4n) is 1.69. The zero-order valence-corrected chi connectivity index (χ0v) is 13.4. The molecular formula is C15H17BrN4O. The summed E-state index contributed by atoms with van der Waals surface area (Å²) in [5.41, 5.74) is 0.923. The molecule has 6 heteroatoms. The maximum atomic E-state index is 11.6. The first-order valence-electron chi connectivity index (χ1n) is 6.83. The minimum absolute atomic E-state index is 0.0280. The first kappa shape index (κ1) is 15.4. The quantitative estimate of drug-likeness (QED) is 0.824. The topological polar surface area (TPSA) is 66.9 Å². The fourth-order valence-corrected chi connectivity index (χ4v) is 1.95. The summed E-state index contributed by atoms with van der Waals surface area (Å²) >= 11 is 3.39. The van der Waals surface area contributed by atoms with E-state index in [9.17, 15) is 4.79 Å². The monoisotopic (exact) mass is 348 g/mol. The number of nitrogens with zero attached hydrogens (tertiary/aromatic N) is 2. The maximum Gasteiger partial charge on any atom is 0.225 e. The van der Waals surface area contributed by atoms with Crippen LogP contribution < -0.4 is 10.6 Å². The molecule has 0 saturated carbocycles. The second kappa shape index (κ2) is 7.73. The van der Waals surface area contributed by atoms with Crippen molar-refractivity contribution in [1.29, 1.82) is 0 Å². The van der Waals surface area contributed by atoms with Crippen LogP contribution in [-0.2, 0) is 4.79 Å². The van der Waals surface area contributed by atoms with Crippen LogP contribution in [0.2, 0.25) is 0 Å². The van der Waals surface area contributed by atoms with Gasteiger partial charge >= 0.3 is 0 Å². The molecule has 1 aromatic heterocycles. The van der Waals surface area contributed by atoms with Gasteiger partial charge in [-0.25, -0.2) is 0 Å². The first-order valence-corrected chi connectivity index (χ1v) is 7.63. The predicted molar refractivity (Wildman–Crippen MR) is 87.6 cm³/mol. The summed E-state index contributed by atoms with van der Waals surface area (Å²) < 4.78 is 1.02. The standard InChI is InChI=1S/C15H17BrN4O/c1-2-3-4-15(21)18-14-10-9-13(19-20-14)17-12-7-5-11(16)6-8-12/h5-10H,2-4H2,1H3,(H,17,19)(H,18,20,21). The lowest BCUT2D eigenvalue weighted by Crippen LogP contribution is -2.12. The Bertz CT molecular complexity index is 584.